The van der Waals surface area contributed by atoms with Crippen LogP contribution in [0.15, 0.2) is 36.4 Å². The molecule has 1 aromatic carbocycles. The molecule has 7 heteroatoms. The zero-order valence-corrected chi connectivity index (χ0v) is 17.6. The Morgan fingerprint density at radius 2 is 1.83 bits per heavy atom. The van der Waals surface area contributed by atoms with E-state index < -0.39 is 0 Å². The minimum Gasteiger partial charge on any atom is -0.387 e. The van der Waals surface area contributed by atoms with Gasteiger partial charge < -0.3 is 15.1 Å². The van der Waals surface area contributed by atoms with Gasteiger partial charge in [0.1, 0.15) is 11.2 Å². The average Bonchev–Trinajstić information content (AvgIpc) is 3.00. The van der Waals surface area contributed by atoms with Crippen LogP contribution >= 0.6 is 0 Å². The SMILES string of the molecule is CNc1c(C(=O)N2CCCN(C)CC2)c2nc3ccccc3n2c2nc(C)ccc12. The van der Waals surface area contributed by atoms with Gasteiger partial charge in [0, 0.05) is 37.8 Å². The Hall–Kier alpha value is -3.19. The van der Waals surface area contributed by atoms with Crippen molar-refractivity contribution < 1.29 is 4.79 Å². The summed E-state index contributed by atoms with van der Waals surface area (Å²) in [4.78, 5) is 27.8. The predicted molar refractivity (Wildman–Crippen MR) is 120 cm³/mol. The van der Waals surface area contributed by atoms with Gasteiger partial charge in [-0.3, -0.25) is 9.20 Å². The second-order valence-corrected chi connectivity index (χ2v) is 8.03. The van der Waals surface area contributed by atoms with Crippen LogP contribution in [0, 0.1) is 6.92 Å². The number of aryl methyl sites for hydroxylation is 1. The van der Waals surface area contributed by atoms with Gasteiger partial charge in [-0.1, -0.05) is 12.1 Å². The van der Waals surface area contributed by atoms with E-state index in [-0.39, 0.29) is 5.91 Å². The van der Waals surface area contributed by atoms with Crippen LogP contribution in [0.3, 0.4) is 0 Å². The summed E-state index contributed by atoms with van der Waals surface area (Å²) in [6.45, 7) is 5.34. The van der Waals surface area contributed by atoms with Crippen LogP contribution in [0.1, 0.15) is 22.5 Å². The number of anilines is 1. The van der Waals surface area contributed by atoms with E-state index in [1.807, 2.05) is 59.7 Å². The number of pyridine rings is 2. The van der Waals surface area contributed by atoms with Gasteiger partial charge >= 0.3 is 0 Å². The van der Waals surface area contributed by atoms with E-state index in [1.165, 1.54) is 0 Å². The van der Waals surface area contributed by atoms with Crippen LogP contribution in [0.4, 0.5) is 5.69 Å². The topological polar surface area (TPSA) is 65.8 Å². The molecule has 0 spiro atoms. The van der Waals surface area contributed by atoms with E-state index in [0.717, 1.165) is 66.0 Å². The highest BCUT2D eigenvalue weighted by Gasteiger charge is 2.28. The molecule has 4 heterocycles. The summed E-state index contributed by atoms with van der Waals surface area (Å²) in [7, 11) is 3.97. The second kappa shape index (κ2) is 7.25. The van der Waals surface area contributed by atoms with Crippen molar-refractivity contribution in [3.05, 3.63) is 47.7 Å². The number of likely N-dealkylation sites (N-methyl/N-ethyl adjacent to an activating group) is 1. The number of fused-ring (bicyclic) bond motifs is 5. The zero-order chi connectivity index (χ0) is 20.8. The molecule has 3 aromatic heterocycles. The first-order chi connectivity index (χ1) is 14.6. The monoisotopic (exact) mass is 402 g/mol. The summed E-state index contributed by atoms with van der Waals surface area (Å²) < 4.78 is 2.04. The van der Waals surface area contributed by atoms with Gasteiger partial charge in [-0.15, -0.1) is 0 Å². The lowest BCUT2D eigenvalue weighted by Crippen LogP contribution is -2.35. The summed E-state index contributed by atoms with van der Waals surface area (Å²) in [5, 5.41) is 4.21. The van der Waals surface area contributed by atoms with Crippen LogP contribution < -0.4 is 5.32 Å². The van der Waals surface area contributed by atoms with Crippen molar-refractivity contribution >= 4 is 39.3 Å². The lowest BCUT2D eigenvalue weighted by atomic mass is 10.1. The number of hydrogen-bond acceptors (Lipinski definition) is 5. The minimum atomic E-state index is 0.0254. The van der Waals surface area contributed by atoms with Crippen molar-refractivity contribution in [2.45, 2.75) is 13.3 Å². The molecular weight excluding hydrogens is 376 g/mol. The molecule has 1 N–H and O–H groups in total. The van der Waals surface area contributed by atoms with Crippen LogP contribution in [-0.4, -0.2) is 70.4 Å². The fraction of sp³-hybridized carbons (Fsp3) is 0.348. The summed E-state index contributed by atoms with van der Waals surface area (Å²) in [6.07, 6.45) is 0.970. The number of nitrogens with zero attached hydrogens (tertiary/aromatic N) is 5. The van der Waals surface area contributed by atoms with Crippen molar-refractivity contribution in [2.75, 3.05) is 45.6 Å². The molecule has 154 valence electrons. The number of carbonyl (C=O) groups excluding carboxylic acids is 1. The molecule has 0 atom stereocenters. The number of benzene rings is 1. The van der Waals surface area contributed by atoms with E-state index in [9.17, 15) is 4.79 Å². The second-order valence-electron chi connectivity index (χ2n) is 8.03. The number of amides is 1. The Bertz CT molecular complexity index is 1280. The van der Waals surface area contributed by atoms with Crippen molar-refractivity contribution in [2.24, 2.45) is 0 Å². The Morgan fingerprint density at radius 3 is 2.67 bits per heavy atom. The summed E-state index contributed by atoms with van der Waals surface area (Å²) in [5.74, 6) is 0.0254. The van der Waals surface area contributed by atoms with E-state index in [0.29, 0.717) is 11.2 Å². The quantitative estimate of drug-likeness (QED) is 0.558. The largest absolute Gasteiger partial charge is 0.387 e. The van der Waals surface area contributed by atoms with Crippen LogP contribution in [0.25, 0.3) is 27.7 Å². The molecule has 0 aliphatic carbocycles. The highest BCUT2D eigenvalue weighted by Crippen LogP contribution is 2.34. The molecule has 0 bridgehead atoms. The number of hydrogen-bond donors (Lipinski definition) is 1. The summed E-state index contributed by atoms with van der Waals surface area (Å²) in [5.41, 5.74) is 5.64. The molecule has 5 rings (SSSR count). The molecule has 0 radical (unpaired) electrons. The van der Waals surface area contributed by atoms with Gasteiger partial charge in [0.05, 0.1) is 16.7 Å². The van der Waals surface area contributed by atoms with E-state index in [1.54, 1.807) is 0 Å². The van der Waals surface area contributed by atoms with Crippen LogP contribution in [0.5, 0.6) is 0 Å². The molecule has 1 aliphatic heterocycles. The third-order valence-corrected chi connectivity index (χ3v) is 6.00. The smallest absolute Gasteiger partial charge is 0.259 e. The van der Waals surface area contributed by atoms with Crippen molar-refractivity contribution in [1.82, 2.24) is 24.2 Å². The lowest BCUT2D eigenvalue weighted by molar-refractivity contribution is 0.0765. The van der Waals surface area contributed by atoms with Crippen LogP contribution in [-0.2, 0) is 0 Å². The van der Waals surface area contributed by atoms with Crippen molar-refractivity contribution in [3.63, 3.8) is 0 Å². The molecule has 1 saturated heterocycles. The number of imidazole rings is 1. The number of nitrogens with one attached hydrogen (secondary N) is 1. The Morgan fingerprint density at radius 1 is 1.00 bits per heavy atom. The summed E-state index contributed by atoms with van der Waals surface area (Å²) >= 11 is 0. The first-order valence-corrected chi connectivity index (χ1v) is 10.4. The molecule has 4 aromatic rings. The fourth-order valence-electron chi connectivity index (χ4n) is 4.43. The van der Waals surface area contributed by atoms with E-state index in [2.05, 4.69) is 17.3 Å². The number of rotatable bonds is 2. The van der Waals surface area contributed by atoms with Gasteiger partial charge in [0.2, 0.25) is 0 Å². The summed E-state index contributed by atoms with van der Waals surface area (Å²) in [6, 6.07) is 12.0. The Labute approximate surface area is 175 Å². The Kier molecular flexibility index (Phi) is 4.55. The van der Waals surface area contributed by atoms with Crippen LogP contribution in [0.2, 0.25) is 0 Å². The average molecular weight is 403 g/mol. The third-order valence-electron chi connectivity index (χ3n) is 6.00. The fourth-order valence-corrected chi connectivity index (χ4v) is 4.43. The number of carbonyl (C=O) groups is 1. The molecule has 1 fully saturated rings. The normalized spacial score (nSPS) is 15.8. The van der Waals surface area contributed by atoms with Gasteiger partial charge in [-0.2, -0.15) is 0 Å². The van der Waals surface area contributed by atoms with E-state index >= 15 is 0 Å². The molecule has 0 unspecified atom stereocenters. The predicted octanol–water partition coefficient (Wildman–Crippen LogP) is 3.16. The van der Waals surface area contributed by atoms with Gasteiger partial charge in [0.15, 0.2) is 5.65 Å². The zero-order valence-electron chi connectivity index (χ0n) is 17.6. The van der Waals surface area contributed by atoms with Crippen molar-refractivity contribution in [1.29, 1.82) is 0 Å². The standard InChI is InChI=1S/C23H26N6O/c1-15-9-10-16-20(24-2)19(23(30)28-12-6-11-27(3)13-14-28)22-26-17-7-4-5-8-18(17)29(22)21(16)25-15/h4-5,7-10,24H,6,11-14H2,1-3H3. The first kappa shape index (κ1) is 18.8. The lowest BCUT2D eigenvalue weighted by Gasteiger charge is -2.23. The number of aromatic nitrogens is 3. The Balaban J connectivity index is 1.84. The minimum absolute atomic E-state index is 0.0254. The molecule has 7 nitrogen and oxygen atoms in total. The highest BCUT2D eigenvalue weighted by atomic mass is 16.2. The number of para-hydroxylation sites is 2. The maximum absolute atomic E-state index is 13.8. The highest BCUT2D eigenvalue weighted by molar-refractivity contribution is 6.13. The van der Waals surface area contributed by atoms with E-state index in [4.69, 9.17) is 9.97 Å². The maximum Gasteiger partial charge on any atom is 0.259 e. The van der Waals surface area contributed by atoms with Gasteiger partial charge in [-0.05, 0) is 51.2 Å². The van der Waals surface area contributed by atoms with Gasteiger partial charge in [0.25, 0.3) is 5.91 Å². The first-order valence-electron chi connectivity index (χ1n) is 10.4. The third kappa shape index (κ3) is 2.89. The molecular formula is C23H26N6O. The maximum atomic E-state index is 13.8. The van der Waals surface area contributed by atoms with Crippen molar-refractivity contribution in [3.8, 4) is 0 Å². The molecule has 1 aliphatic rings. The van der Waals surface area contributed by atoms with Gasteiger partial charge in [-0.25, -0.2) is 9.97 Å². The molecule has 0 saturated carbocycles. The molecule has 1 amide bonds. The molecule has 30 heavy (non-hydrogen) atoms.